The topological polar surface area (TPSA) is 25.4 Å². The summed E-state index contributed by atoms with van der Waals surface area (Å²) in [5, 5.41) is 0. The van der Waals surface area contributed by atoms with Gasteiger partial charge in [-0.2, -0.15) is 0 Å². The molecule has 3 heteroatoms. The van der Waals surface area contributed by atoms with Crippen molar-refractivity contribution in [1.82, 2.24) is 4.98 Å². The number of hydrogen-bond acceptors (Lipinski definition) is 3. The highest BCUT2D eigenvalue weighted by Crippen LogP contribution is 2.33. The molecule has 0 saturated heterocycles. The Balaban J connectivity index is 1.47. The third-order valence-electron chi connectivity index (χ3n) is 4.12. The van der Waals surface area contributed by atoms with Crippen LogP contribution < -0.4 is 9.64 Å². The monoisotopic (exact) mass is 302 g/mol. The summed E-state index contributed by atoms with van der Waals surface area (Å²) in [7, 11) is 0. The smallest absolute Gasteiger partial charge is 0.136 e. The van der Waals surface area contributed by atoms with E-state index < -0.39 is 0 Å². The maximum atomic E-state index is 5.85. The van der Waals surface area contributed by atoms with Crippen molar-refractivity contribution in [3.05, 3.63) is 84.1 Å². The van der Waals surface area contributed by atoms with E-state index >= 15 is 0 Å². The van der Waals surface area contributed by atoms with Gasteiger partial charge in [-0.1, -0.05) is 36.4 Å². The van der Waals surface area contributed by atoms with E-state index in [0.717, 1.165) is 30.2 Å². The van der Waals surface area contributed by atoms with Crippen LogP contribution in [0.1, 0.15) is 11.1 Å². The fourth-order valence-electron chi connectivity index (χ4n) is 2.92. The average Bonchev–Trinajstić information content (AvgIpc) is 3.05. The first kappa shape index (κ1) is 13.8. The molecule has 0 saturated carbocycles. The zero-order valence-corrected chi connectivity index (χ0v) is 12.9. The molecule has 23 heavy (non-hydrogen) atoms. The number of hydrogen-bond donors (Lipinski definition) is 0. The lowest BCUT2D eigenvalue weighted by Gasteiger charge is -2.18. The summed E-state index contributed by atoms with van der Waals surface area (Å²) in [5.41, 5.74) is 3.65. The summed E-state index contributed by atoms with van der Waals surface area (Å²) in [5.74, 6) is 1.96. The number of fused-ring (bicyclic) bond motifs is 1. The molecule has 1 aromatic heterocycles. The van der Waals surface area contributed by atoms with Crippen molar-refractivity contribution in [2.75, 3.05) is 11.4 Å². The van der Waals surface area contributed by atoms with Crippen LogP contribution in [0.4, 0.5) is 11.5 Å². The van der Waals surface area contributed by atoms with Gasteiger partial charge in [0.1, 0.15) is 18.2 Å². The van der Waals surface area contributed by atoms with Gasteiger partial charge in [0.2, 0.25) is 0 Å². The van der Waals surface area contributed by atoms with E-state index in [2.05, 4.69) is 40.2 Å². The van der Waals surface area contributed by atoms with Crippen molar-refractivity contribution in [3.8, 4) is 5.75 Å². The zero-order chi connectivity index (χ0) is 15.5. The molecule has 0 amide bonds. The molecule has 0 radical (unpaired) electrons. The lowest BCUT2D eigenvalue weighted by Crippen LogP contribution is -2.14. The molecule has 0 bridgehead atoms. The van der Waals surface area contributed by atoms with Gasteiger partial charge >= 0.3 is 0 Å². The van der Waals surface area contributed by atoms with Gasteiger partial charge in [-0.3, -0.25) is 0 Å². The predicted molar refractivity (Wildman–Crippen MR) is 92.2 cm³/mol. The molecule has 0 unspecified atom stereocenters. The summed E-state index contributed by atoms with van der Waals surface area (Å²) < 4.78 is 5.85. The minimum Gasteiger partial charge on any atom is -0.489 e. The van der Waals surface area contributed by atoms with Gasteiger partial charge < -0.3 is 9.64 Å². The average molecular weight is 302 g/mol. The van der Waals surface area contributed by atoms with E-state index in [0.29, 0.717) is 6.61 Å². The minimum absolute atomic E-state index is 0.592. The van der Waals surface area contributed by atoms with Crippen molar-refractivity contribution in [3.63, 3.8) is 0 Å². The van der Waals surface area contributed by atoms with Crippen LogP contribution in [0.2, 0.25) is 0 Å². The Bertz CT molecular complexity index is 784. The second kappa shape index (κ2) is 6.13. The SMILES string of the molecule is c1ccc(COc2ccc(N3CCc4cccnc43)cc2)cc1. The summed E-state index contributed by atoms with van der Waals surface area (Å²) in [6, 6.07) is 22.6. The lowest BCUT2D eigenvalue weighted by molar-refractivity contribution is 0.306. The molecular weight excluding hydrogens is 284 g/mol. The highest BCUT2D eigenvalue weighted by molar-refractivity contribution is 5.66. The molecule has 0 atom stereocenters. The second-order valence-electron chi connectivity index (χ2n) is 5.66. The van der Waals surface area contributed by atoms with E-state index in [1.807, 2.05) is 42.6 Å². The van der Waals surface area contributed by atoms with E-state index in [9.17, 15) is 0 Å². The van der Waals surface area contributed by atoms with Crippen molar-refractivity contribution in [2.45, 2.75) is 13.0 Å². The number of rotatable bonds is 4. The number of aromatic nitrogens is 1. The van der Waals surface area contributed by atoms with Crippen molar-refractivity contribution >= 4 is 11.5 Å². The minimum atomic E-state index is 0.592. The van der Waals surface area contributed by atoms with Gasteiger partial charge in [-0.15, -0.1) is 0 Å². The van der Waals surface area contributed by atoms with Gasteiger partial charge in [-0.05, 0) is 47.9 Å². The molecule has 2 heterocycles. The Morgan fingerprint density at radius 1 is 0.913 bits per heavy atom. The number of anilines is 2. The summed E-state index contributed by atoms with van der Waals surface area (Å²) >= 11 is 0. The maximum Gasteiger partial charge on any atom is 0.136 e. The molecule has 1 aliphatic heterocycles. The third kappa shape index (κ3) is 2.90. The van der Waals surface area contributed by atoms with E-state index in [1.165, 1.54) is 11.1 Å². The molecule has 2 aromatic carbocycles. The molecular formula is C20H18N2O. The van der Waals surface area contributed by atoms with E-state index in [-0.39, 0.29) is 0 Å². The highest BCUT2D eigenvalue weighted by atomic mass is 16.5. The normalized spacial score (nSPS) is 13.0. The predicted octanol–water partition coefficient (Wildman–Crippen LogP) is 4.35. The highest BCUT2D eigenvalue weighted by Gasteiger charge is 2.21. The Morgan fingerprint density at radius 3 is 2.57 bits per heavy atom. The molecule has 114 valence electrons. The molecule has 4 rings (SSSR count). The molecule has 3 nitrogen and oxygen atoms in total. The fraction of sp³-hybridized carbons (Fsp3) is 0.150. The van der Waals surface area contributed by atoms with Crippen LogP contribution >= 0.6 is 0 Å². The zero-order valence-electron chi connectivity index (χ0n) is 12.9. The first-order valence-corrected chi connectivity index (χ1v) is 7.88. The number of ether oxygens (including phenoxy) is 1. The molecule has 0 aliphatic carbocycles. The van der Waals surface area contributed by atoms with Crippen LogP contribution in [0.15, 0.2) is 72.9 Å². The summed E-state index contributed by atoms with van der Waals surface area (Å²) in [6.07, 6.45) is 2.91. The molecule has 0 N–H and O–H groups in total. The van der Waals surface area contributed by atoms with Crippen molar-refractivity contribution < 1.29 is 4.74 Å². The third-order valence-corrected chi connectivity index (χ3v) is 4.12. The van der Waals surface area contributed by atoms with Crippen LogP contribution in [-0.2, 0) is 13.0 Å². The van der Waals surface area contributed by atoms with Crippen LogP contribution in [0, 0.1) is 0 Å². The quantitative estimate of drug-likeness (QED) is 0.716. The first-order valence-electron chi connectivity index (χ1n) is 7.88. The number of benzene rings is 2. The van der Waals surface area contributed by atoms with Gasteiger partial charge in [0.05, 0.1) is 0 Å². The summed E-state index contributed by atoms with van der Waals surface area (Å²) in [4.78, 5) is 6.77. The maximum absolute atomic E-state index is 5.85. The van der Waals surface area contributed by atoms with Crippen molar-refractivity contribution in [2.24, 2.45) is 0 Å². The van der Waals surface area contributed by atoms with Crippen LogP contribution in [0.25, 0.3) is 0 Å². The van der Waals surface area contributed by atoms with E-state index in [4.69, 9.17) is 4.74 Å². The van der Waals surface area contributed by atoms with Gasteiger partial charge in [-0.25, -0.2) is 4.98 Å². The number of pyridine rings is 1. The van der Waals surface area contributed by atoms with Crippen LogP contribution in [-0.4, -0.2) is 11.5 Å². The largest absolute Gasteiger partial charge is 0.489 e. The first-order chi connectivity index (χ1) is 11.4. The Morgan fingerprint density at radius 2 is 1.74 bits per heavy atom. The van der Waals surface area contributed by atoms with E-state index in [1.54, 1.807) is 0 Å². The van der Waals surface area contributed by atoms with Gasteiger partial charge in [0.25, 0.3) is 0 Å². The standard InChI is InChI=1S/C20H18N2O/c1-2-5-16(6-3-1)15-23-19-10-8-18(9-11-19)22-14-12-17-7-4-13-21-20(17)22/h1-11,13H,12,14-15H2. The Labute approximate surface area is 136 Å². The van der Waals surface area contributed by atoms with Crippen molar-refractivity contribution in [1.29, 1.82) is 0 Å². The van der Waals surface area contributed by atoms with Crippen LogP contribution in [0.5, 0.6) is 5.75 Å². The fourth-order valence-corrected chi connectivity index (χ4v) is 2.92. The van der Waals surface area contributed by atoms with Gasteiger partial charge in [0.15, 0.2) is 0 Å². The summed E-state index contributed by atoms with van der Waals surface area (Å²) in [6.45, 7) is 1.57. The Hall–Kier alpha value is -2.81. The number of nitrogens with zero attached hydrogens (tertiary/aromatic N) is 2. The molecule has 3 aromatic rings. The second-order valence-corrected chi connectivity index (χ2v) is 5.66. The van der Waals surface area contributed by atoms with Crippen LogP contribution in [0.3, 0.4) is 0 Å². The Kier molecular flexibility index (Phi) is 3.68. The van der Waals surface area contributed by atoms with Gasteiger partial charge in [0, 0.05) is 18.4 Å². The molecule has 0 fully saturated rings. The lowest BCUT2D eigenvalue weighted by atomic mass is 10.2. The molecule has 1 aliphatic rings. The molecule has 0 spiro atoms.